The van der Waals surface area contributed by atoms with Crippen LogP contribution in [0.3, 0.4) is 0 Å². The van der Waals surface area contributed by atoms with Crippen LogP contribution < -0.4 is 0 Å². The lowest BCUT2D eigenvalue weighted by Gasteiger charge is -2.41. The molecule has 2 heteroatoms. The van der Waals surface area contributed by atoms with Crippen molar-refractivity contribution in [1.82, 2.24) is 4.90 Å². The highest BCUT2D eigenvalue weighted by molar-refractivity contribution is 5.46. The minimum absolute atomic E-state index is 0.574. The first kappa shape index (κ1) is 20.0. The van der Waals surface area contributed by atoms with Gasteiger partial charge in [-0.3, -0.25) is 4.90 Å². The molecule has 0 N–H and O–H groups in total. The number of hydrogen-bond donors (Lipinski definition) is 0. The fourth-order valence-corrected chi connectivity index (χ4v) is 6.06. The highest BCUT2D eigenvalue weighted by Crippen LogP contribution is 2.46. The highest BCUT2D eigenvalue weighted by atomic mass is 15.2. The maximum absolute atomic E-state index is 10.5. The second kappa shape index (κ2) is 8.69. The van der Waals surface area contributed by atoms with Crippen molar-refractivity contribution in [3.05, 3.63) is 108 Å². The van der Waals surface area contributed by atoms with Crippen LogP contribution in [0.15, 0.2) is 91.0 Å². The second-order valence-corrected chi connectivity index (χ2v) is 9.33. The van der Waals surface area contributed by atoms with Gasteiger partial charge in [0.05, 0.1) is 6.07 Å². The predicted molar refractivity (Wildman–Crippen MR) is 125 cm³/mol. The Morgan fingerprint density at radius 3 is 1.71 bits per heavy atom. The first-order chi connectivity index (χ1) is 15.3. The van der Waals surface area contributed by atoms with Gasteiger partial charge >= 0.3 is 0 Å². The minimum Gasteiger partial charge on any atom is -0.293 e. The molecule has 2 fully saturated rings. The molecule has 156 valence electrons. The third-order valence-corrected chi connectivity index (χ3v) is 7.51. The number of fused-ring (bicyclic) bond motifs is 2. The van der Waals surface area contributed by atoms with Crippen molar-refractivity contribution in [3.8, 4) is 6.07 Å². The van der Waals surface area contributed by atoms with Crippen molar-refractivity contribution in [1.29, 1.82) is 5.26 Å². The normalized spacial score (nSPS) is 23.4. The molecule has 0 radical (unpaired) electrons. The molecule has 2 aliphatic rings. The molecule has 0 aromatic heterocycles. The van der Waals surface area contributed by atoms with Gasteiger partial charge in [0.1, 0.15) is 5.41 Å². The topological polar surface area (TPSA) is 27.0 Å². The number of hydrogen-bond acceptors (Lipinski definition) is 2. The zero-order chi connectivity index (χ0) is 21.1. The number of rotatable bonds is 6. The fraction of sp³-hybridized carbons (Fsp3) is 0.345. The van der Waals surface area contributed by atoms with Crippen LogP contribution in [0.1, 0.15) is 48.8 Å². The molecule has 2 aliphatic heterocycles. The third kappa shape index (κ3) is 3.91. The quantitative estimate of drug-likeness (QED) is 0.478. The zero-order valence-corrected chi connectivity index (χ0v) is 18.0. The summed E-state index contributed by atoms with van der Waals surface area (Å²) in [6, 6.07) is 35.8. The van der Waals surface area contributed by atoms with Crippen LogP contribution in [0.5, 0.6) is 0 Å². The van der Waals surface area contributed by atoms with E-state index in [2.05, 4.69) is 89.8 Å². The lowest BCUT2D eigenvalue weighted by atomic mass is 9.68. The smallest absolute Gasteiger partial charge is 0.107 e. The van der Waals surface area contributed by atoms with Crippen molar-refractivity contribution >= 4 is 0 Å². The van der Waals surface area contributed by atoms with Crippen molar-refractivity contribution in [2.24, 2.45) is 5.92 Å². The second-order valence-electron chi connectivity index (χ2n) is 9.33. The maximum atomic E-state index is 10.5. The number of nitrogens with zero attached hydrogens (tertiary/aromatic N) is 2. The molecule has 3 atom stereocenters. The van der Waals surface area contributed by atoms with Gasteiger partial charge < -0.3 is 0 Å². The Labute approximate surface area is 186 Å². The fourth-order valence-electron chi connectivity index (χ4n) is 6.06. The molecule has 2 bridgehead atoms. The molecule has 0 amide bonds. The summed E-state index contributed by atoms with van der Waals surface area (Å²) < 4.78 is 0. The predicted octanol–water partition coefficient (Wildman–Crippen LogP) is 6.33. The van der Waals surface area contributed by atoms with Crippen LogP contribution in [0.25, 0.3) is 0 Å². The molecule has 2 heterocycles. The van der Waals surface area contributed by atoms with Gasteiger partial charge in [0.2, 0.25) is 0 Å². The number of piperidine rings is 1. The summed E-state index contributed by atoms with van der Waals surface area (Å²) in [7, 11) is 0. The van der Waals surface area contributed by atoms with Crippen molar-refractivity contribution in [2.45, 2.75) is 56.1 Å². The van der Waals surface area contributed by atoms with Crippen molar-refractivity contribution < 1.29 is 0 Å². The van der Waals surface area contributed by atoms with E-state index in [1.54, 1.807) is 0 Å². The van der Waals surface area contributed by atoms with E-state index in [0.29, 0.717) is 18.0 Å². The summed E-state index contributed by atoms with van der Waals surface area (Å²) in [6.45, 7) is 1.06. The Hall–Kier alpha value is -2.89. The van der Waals surface area contributed by atoms with Crippen LogP contribution in [-0.2, 0) is 12.0 Å². The summed E-state index contributed by atoms with van der Waals surface area (Å²) in [6.07, 6.45) is 5.90. The molecule has 0 spiro atoms. The van der Waals surface area contributed by atoms with E-state index in [9.17, 15) is 5.26 Å². The summed E-state index contributed by atoms with van der Waals surface area (Å²) in [4.78, 5) is 2.74. The van der Waals surface area contributed by atoms with E-state index in [-0.39, 0.29) is 0 Å². The Kier molecular flexibility index (Phi) is 5.62. The molecule has 2 nitrogen and oxygen atoms in total. The standard InChI is InChI=1S/C29H30N2/c30-22-29(25-12-6-2-7-13-25,26-14-8-3-9-15-26)20-24-18-27-16-17-28(19-24)31(27)21-23-10-4-1-5-11-23/h1-15,24,27-28H,16-21H2/t24-,27+,28-. The van der Waals surface area contributed by atoms with Gasteiger partial charge in [-0.05, 0) is 54.7 Å². The zero-order valence-electron chi connectivity index (χ0n) is 18.0. The van der Waals surface area contributed by atoms with Gasteiger partial charge in [-0.2, -0.15) is 5.26 Å². The Morgan fingerprint density at radius 1 is 0.742 bits per heavy atom. The lowest BCUT2D eigenvalue weighted by molar-refractivity contribution is 0.0883. The van der Waals surface area contributed by atoms with E-state index in [0.717, 1.165) is 24.1 Å². The summed E-state index contributed by atoms with van der Waals surface area (Å²) in [5, 5.41) is 10.5. The average molecular weight is 407 g/mol. The molecule has 2 saturated heterocycles. The van der Waals surface area contributed by atoms with Gasteiger partial charge in [-0.15, -0.1) is 0 Å². The molecular formula is C29H30N2. The van der Waals surface area contributed by atoms with Crippen LogP contribution in [-0.4, -0.2) is 17.0 Å². The monoisotopic (exact) mass is 406 g/mol. The molecule has 0 saturated carbocycles. The van der Waals surface area contributed by atoms with Gasteiger partial charge in [-0.1, -0.05) is 91.0 Å². The van der Waals surface area contributed by atoms with E-state index in [1.165, 1.54) is 31.2 Å². The molecule has 3 aromatic rings. The number of nitriles is 1. The molecule has 5 rings (SSSR count). The molecule has 0 aliphatic carbocycles. The molecule has 31 heavy (non-hydrogen) atoms. The maximum Gasteiger partial charge on any atom is 0.107 e. The van der Waals surface area contributed by atoms with E-state index in [1.807, 2.05) is 12.1 Å². The minimum atomic E-state index is -0.575. The van der Waals surface area contributed by atoms with Crippen molar-refractivity contribution in [2.75, 3.05) is 0 Å². The van der Waals surface area contributed by atoms with Crippen LogP contribution in [0, 0.1) is 17.2 Å². The third-order valence-electron chi connectivity index (χ3n) is 7.51. The van der Waals surface area contributed by atoms with E-state index in [4.69, 9.17) is 0 Å². The molecule has 0 unspecified atom stereocenters. The lowest BCUT2D eigenvalue weighted by Crippen LogP contribution is -2.44. The Balaban J connectivity index is 1.40. The highest BCUT2D eigenvalue weighted by Gasteiger charge is 2.44. The van der Waals surface area contributed by atoms with Crippen molar-refractivity contribution in [3.63, 3.8) is 0 Å². The largest absolute Gasteiger partial charge is 0.293 e. The number of benzene rings is 3. The first-order valence-electron chi connectivity index (χ1n) is 11.6. The Bertz CT molecular complexity index is 969. The van der Waals surface area contributed by atoms with Gasteiger partial charge in [0.15, 0.2) is 0 Å². The molecule has 3 aromatic carbocycles. The Morgan fingerprint density at radius 2 is 1.23 bits per heavy atom. The average Bonchev–Trinajstić information content (AvgIpc) is 3.06. The van der Waals surface area contributed by atoms with Gasteiger partial charge in [0.25, 0.3) is 0 Å². The first-order valence-corrected chi connectivity index (χ1v) is 11.6. The summed E-state index contributed by atoms with van der Waals surface area (Å²) >= 11 is 0. The molecular weight excluding hydrogens is 376 g/mol. The summed E-state index contributed by atoms with van der Waals surface area (Å²) in [5.41, 5.74) is 3.09. The van der Waals surface area contributed by atoms with Crippen LogP contribution >= 0.6 is 0 Å². The van der Waals surface area contributed by atoms with E-state index < -0.39 is 5.41 Å². The van der Waals surface area contributed by atoms with Gasteiger partial charge in [0, 0.05) is 18.6 Å². The van der Waals surface area contributed by atoms with Crippen LogP contribution in [0.4, 0.5) is 0 Å². The summed E-state index contributed by atoms with van der Waals surface area (Å²) in [5.74, 6) is 0.574. The van der Waals surface area contributed by atoms with Gasteiger partial charge in [-0.25, -0.2) is 0 Å². The SMILES string of the molecule is N#CC(C[C@H]1C[C@H]2CC[C@@H](C1)N2Cc1ccccc1)(c1ccccc1)c1ccccc1. The van der Waals surface area contributed by atoms with Crippen LogP contribution in [0.2, 0.25) is 0 Å². The van der Waals surface area contributed by atoms with E-state index >= 15 is 0 Å².